The first-order chi connectivity index (χ1) is 10.4. The van der Waals surface area contributed by atoms with Gasteiger partial charge in [-0.15, -0.1) is 0 Å². The Hall–Kier alpha value is -0.950. The zero-order valence-corrected chi connectivity index (χ0v) is 14.6. The zero-order valence-electron chi connectivity index (χ0n) is 13.7. The van der Waals surface area contributed by atoms with E-state index in [1.165, 1.54) is 5.56 Å². The fraction of sp³-hybridized carbons (Fsp3) is 0.625. The summed E-state index contributed by atoms with van der Waals surface area (Å²) < 4.78 is 29.1. The summed E-state index contributed by atoms with van der Waals surface area (Å²) >= 11 is 0. The predicted molar refractivity (Wildman–Crippen MR) is 89.9 cm³/mol. The van der Waals surface area contributed by atoms with E-state index in [0.29, 0.717) is 25.7 Å². The topological polar surface area (TPSA) is 52.7 Å². The summed E-state index contributed by atoms with van der Waals surface area (Å²) in [6.45, 7) is 6.47. The lowest BCUT2D eigenvalue weighted by Crippen LogP contribution is -2.45. The SMILES string of the molecule is CCC(C)N(C)CCNS(=O)(=O)N1CCc2ccccc2C1. The molecule has 1 unspecified atom stereocenters. The summed E-state index contributed by atoms with van der Waals surface area (Å²) in [7, 11) is -1.37. The summed E-state index contributed by atoms with van der Waals surface area (Å²) in [6, 6.07) is 8.52. The minimum Gasteiger partial charge on any atom is -0.302 e. The second-order valence-electron chi connectivity index (χ2n) is 5.99. The quantitative estimate of drug-likeness (QED) is 0.829. The fourth-order valence-corrected chi connectivity index (χ4v) is 3.82. The molecule has 1 aromatic carbocycles. The highest BCUT2D eigenvalue weighted by Crippen LogP contribution is 2.20. The third kappa shape index (κ3) is 4.29. The molecule has 1 aromatic rings. The molecule has 1 aliphatic rings. The number of hydrogen-bond acceptors (Lipinski definition) is 3. The van der Waals surface area contributed by atoms with Crippen molar-refractivity contribution in [2.24, 2.45) is 0 Å². The first-order valence-corrected chi connectivity index (χ1v) is 9.39. The lowest BCUT2D eigenvalue weighted by atomic mass is 10.0. The maximum Gasteiger partial charge on any atom is 0.279 e. The summed E-state index contributed by atoms with van der Waals surface area (Å²) in [6.07, 6.45) is 1.84. The number of benzene rings is 1. The molecule has 0 radical (unpaired) electrons. The molecule has 0 spiro atoms. The average molecular weight is 325 g/mol. The molecule has 0 saturated carbocycles. The van der Waals surface area contributed by atoms with Crippen molar-refractivity contribution in [3.63, 3.8) is 0 Å². The molecule has 22 heavy (non-hydrogen) atoms. The first-order valence-electron chi connectivity index (χ1n) is 7.95. The molecular formula is C16H27N3O2S. The number of nitrogens with zero attached hydrogens (tertiary/aromatic N) is 2. The molecule has 5 nitrogen and oxygen atoms in total. The van der Waals surface area contributed by atoms with Gasteiger partial charge in [-0.05, 0) is 37.9 Å². The van der Waals surface area contributed by atoms with Crippen LogP contribution in [0.2, 0.25) is 0 Å². The standard InChI is InChI=1S/C16H27N3O2S/c1-4-14(2)18(3)12-10-17-22(20,21)19-11-9-15-7-5-6-8-16(15)13-19/h5-8,14,17H,4,9-13H2,1-3H3. The Morgan fingerprint density at radius 2 is 2.00 bits per heavy atom. The molecule has 2 rings (SSSR count). The highest BCUT2D eigenvalue weighted by molar-refractivity contribution is 7.87. The van der Waals surface area contributed by atoms with Crippen LogP contribution >= 0.6 is 0 Å². The van der Waals surface area contributed by atoms with Crippen molar-refractivity contribution in [2.45, 2.75) is 39.3 Å². The molecular weight excluding hydrogens is 298 g/mol. The Morgan fingerprint density at radius 1 is 1.32 bits per heavy atom. The number of fused-ring (bicyclic) bond motifs is 1. The minimum absolute atomic E-state index is 0.446. The smallest absolute Gasteiger partial charge is 0.279 e. The van der Waals surface area contributed by atoms with Crippen LogP contribution in [0.1, 0.15) is 31.4 Å². The van der Waals surface area contributed by atoms with Gasteiger partial charge in [0.2, 0.25) is 0 Å². The van der Waals surface area contributed by atoms with E-state index in [1.807, 2.05) is 25.2 Å². The van der Waals surface area contributed by atoms with Crippen molar-refractivity contribution in [1.29, 1.82) is 0 Å². The van der Waals surface area contributed by atoms with Gasteiger partial charge in [0.05, 0.1) is 0 Å². The zero-order chi connectivity index (χ0) is 16.2. The normalized spacial score (nSPS) is 17.5. The van der Waals surface area contributed by atoms with Crippen LogP contribution in [-0.4, -0.2) is 50.3 Å². The van der Waals surface area contributed by atoms with E-state index >= 15 is 0 Å². The van der Waals surface area contributed by atoms with Gasteiger partial charge in [-0.2, -0.15) is 12.7 Å². The van der Waals surface area contributed by atoms with E-state index in [4.69, 9.17) is 0 Å². The molecule has 1 aliphatic heterocycles. The summed E-state index contributed by atoms with van der Waals surface area (Å²) in [5.41, 5.74) is 2.36. The van der Waals surface area contributed by atoms with Crippen molar-refractivity contribution in [3.8, 4) is 0 Å². The van der Waals surface area contributed by atoms with Crippen molar-refractivity contribution < 1.29 is 8.42 Å². The summed E-state index contributed by atoms with van der Waals surface area (Å²) in [5.74, 6) is 0. The molecule has 1 N–H and O–H groups in total. The molecule has 0 aromatic heterocycles. The fourth-order valence-electron chi connectivity index (χ4n) is 2.65. The number of hydrogen-bond donors (Lipinski definition) is 1. The molecule has 0 bridgehead atoms. The van der Waals surface area contributed by atoms with Crippen LogP contribution in [0.15, 0.2) is 24.3 Å². The van der Waals surface area contributed by atoms with Crippen molar-refractivity contribution in [3.05, 3.63) is 35.4 Å². The van der Waals surface area contributed by atoms with Crippen LogP contribution in [0, 0.1) is 0 Å². The van der Waals surface area contributed by atoms with Gasteiger partial charge in [0, 0.05) is 32.2 Å². The Labute approximate surface area is 134 Å². The average Bonchev–Trinajstić information content (AvgIpc) is 2.53. The van der Waals surface area contributed by atoms with Gasteiger partial charge < -0.3 is 4.90 Å². The van der Waals surface area contributed by atoms with Gasteiger partial charge in [-0.25, -0.2) is 4.72 Å². The molecule has 0 amide bonds. The summed E-state index contributed by atoms with van der Waals surface area (Å²) in [5, 5.41) is 0. The van der Waals surface area contributed by atoms with Crippen molar-refractivity contribution in [2.75, 3.05) is 26.7 Å². The van der Waals surface area contributed by atoms with E-state index in [0.717, 1.165) is 24.9 Å². The van der Waals surface area contributed by atoms with Crippen LogP contribution in [0.25, 0.3) is 0 Å². The van der Waals surface area contributed by atoms with Crippen LogP contribution in [0.4, 0.5) is 0 Å². The highest BCUT2D eigenvalue weighted by Gasteiger charge is 2.26. The molecule has 0 aliphatic carbocycles. The number of likely N-dealkylation sites (N-methyl/N-ethyl adjacent to an activating group) is 1. The van der Waals surface area contributed by atoms with Gasteiger partial charge in [-0.3, -0.25) is 0 Å². The van der Waals surface area contributed by atoms with E-state index in [2.05, 4.69) is 29.5 Å². The summed E-state index contributed by atoms with van der Waals surface area (Å²) in [4.78, 5) is 2.17. The molecule has 1 heterocycles. The van der Waals surface area contributed by atoms with Gasteiger partial charge in [0.25, 0.3) is 10.2 Å². The lowest BCUT2D eigenvalue weighted by Gasteiger charge is -2.29. The van der Waals surface area contributed by atoms with Crippen LogP contribution in [0.3, 0.4) is 0 Å². The molecule has 0 saturated heterocycles. The molecule has 124 valence electrons. The maximum atomic E-state index is 12.4. The highest BCUT2D eigenvalue weighted by atomic mass is 32.2. The molecule has 6 heteroatoms. The Bertz CT molecular complexity index is 589. The Morgan fingerprint density at radius 3 is 2.68 bits per heavy atom. The van der Waals surface area contributed by atoms with Gasteiger partial charge in [0.1, 0.15) is 0 Å². The van der Waals surface area contributed by atoms with Gasteiger partial charge >= 0.3 is 0 Å². The maximum absolute atomic E-state index is 12.4. The number of rotatable bonds is 7. The third-order valence-corrected chi connectivity index (χ3v) is 6.09. The minimum atomic E-state index is -3.40. The van der Waals surface area contributed by atoms with E-state index in [-0.39, 0.29) is 0 Å². The lowest BCUT2D eigenvalue weighted by molar-refractivity contribution is 0.255. The predicted octanol–water partition coefficient (Wildman–Crippen LogP) is 1.61. The van der Waals surface area contributed by atoms with Crippen molar-refractivity contribution >= 4 is 10.2 Å². The second kappa shape index (κ2) is 7.55. The van der Waals surface area contributed by atoms with Crippen LogP contribution < -0.4 is 4.72 Å². The van der Waals surface area contributed by atoms with Crippen LogP contribution in [-0.2, 0) is 23.2 Å². The number of nitrogens with one attached hydrogen (secondary N) is 1. The van der Waals surface area contributed by atoms with E-state index < -0.39 is 10.2 Å². The molecule has 1 atom stereocenters. The largest absolute Gasteiger partial charge is 0.302 e. The van der Waals surface area contributed by atoms with Gasteiger partial charge in [0.15, 0.2) is 0 Å². The third-order valence-electron chi connectivity index (χ3n) is 4.53. The Kier molecular flexibility index (Phi) is 5.97. The van der Waals surface area contributed by atoms with E-state index in [1.54, 1.807) is 4.31 Å². The van der Waals surface area contributed by atoms with Crippen molar-refractivity contribution in [1.82, 2.24) is 13.9 Å². The van der Waals surface area contributed by atoms with Gasteiger partial charge in [-0.1, -0.05) is 31.2 Å². The monoisotopic (exact) mass is 325 g/mol. The Balaban J connectivity index is 1.89. The molecule has 0 fully saturated rings. The van der Waals surface area contributed by atoms with Crippen LogP contribution in [0.5, 0.6) is 0 Å². The second-order valence-corrected chi connectivity index (χ2v) is 7.74. The van der Waals surface area contributed by atoms with E-state index in [9.17, 15) is 8.42 Å². The first kappa shape index (κ1) is 17.4.